The van der Waals surface area contributed by atoms with E-state index in [2.05, 4.69) is 31.2 Å². The molecule has 13 heavy (non-hydrogen) atoms. The van der Waals surface area contributed by atoms with E-state index in [-0.39, 0.29) is 0 Å². The highest BCUT2D eigenvalue weighted by Gasteiger charge is 2.13. The van der Waals surface area contributed by atoms with Gasteiger partial charge in [0.15, 0.2) is 0 Å². The Bertz CT molecular complexity index is 236. The van der Waals surface area contributed by atoms with Gasteiger partial charge in [-0.05, 0) is 23.9 Å². The molecule has 1 atom stereocenters. The van der Waals surface area contributed by atoms with Gasteiger partial charge < -0.3 is 0 Å². The van der Waals surface area contributed by atoms with Crippen molar-refractivity contribution in [1.29, 1.82) is 0 Å². The summed E-state index contributed by atoms with van der Waals surface area (Å²) in [5.41, 5.74) is 1.36. The molecule has 0 aromatic heterocycles. The summed E-state index contributed by atoms with van der Waals surface area (Å²) in [4.78, 5) is 0. The van der Waals surface area contributed by atoms with Crippen LogP contribution in [-0.4, -0.2) is 7.42 Å². The molecule has 1 aromatic carbocycles. The van der Waals surface area contributed by atoms with Crippen molar-refractivity contribution in [2.24, 2.45) is 0 Å². The zero-order valence-corrected chi connectivity index (χ0v) is 10.4. The molecule has 3 heteroatoms. The van der Waals surface area contributed by atoms with Crippen LogP contribution >= 0.6 is 22.2 Å². The van der Waals surface area contributed by atoms with Crippen LogP contribution in [-0.2, 0) is 0 Å². The van der Waals surface area contributed by atoms with Crippen LogP contribution in [0.25, 0.3) is 0 Å². The lowest BCUT2D eigenvalue weighted by atomic mass is 9.99. The van der Waals surface area contributed by atoms with Gasteiger partial charge >= 0.3 is 0 Å². The zero-order valence-electron chi connectivity index (χ0n) is 7.71. The summed E-state index contributed by atoms with van der Waals surface area (Å²) in [7, 11) is -1.47. The maximum atomic E-state index is 5.91. The minimum atomic E-state index is -1.47. The molecule has 1 aromatic rings. The van der Waals surface area contributed by atoms with Gasteiger partial charge in [0, 0.05) is 0 Å². The lowest BCUT2D eigenvalue weighted by Crippen LogP contribution is -2.03. The Hall–Kier alpha value is 0.0169. The molecule has 0 nitrogen and oxygen atoms in total. The van der Waals surface area contributed by atoms with Gasteiger partial charge in [0.2, 0.25) is 7.42 Å². The number of benzene rings is 1. The van der Waals surface area contributed by atoms with Gasteiger partial charge in [0.25, 0.3) is 0 Å². The minimum absolute atomic E-state index is 0.549. The first kappa shape index (κ1) is 11.1. The average Bonchev–Trinajstić information content (AvgIpc) is 2.15. The summed E-state index contributed by atoms with van der Waals surface area (Å²) >= 11 is 11.8. The monoisotopic (exact) mass is 232 g/mol. The molecule has 1 rings (SSSR count). The van der Waals surface area contributed by atoms with E-state index in [1.54, 1.807) is 0 Å². The molecule has 0 aliphatic rings. The third-order valence-corrected chi connectivity index (χ3v) is 4.22. The van der Waals surface area contributed by atoms with Gasteiger partial charge in [-0.1, -0.05) is 37.3 Å². The summed E-state index contributed by atoms with van der Waals surface area (Å²) in [6.07, 6.45) is 1.12. The first-order chi connectivity index (χ1) is 6.24. The van der Waals surface area contributed by atoms with Crippen LogP contribution in [0.15, 0.2) is 30.3 Å². The number of hydrogen-bond donors (Lipinski definition) is 0. The van der Waals surface area contributed by atoms with Crippen molar-refractivity contribution in [2.45, 2.75) is 25.3 Å². The molecule has 1 unspecified atom stereocenters. The summed E-state index contributed by atoms with van der Waals surface area (Å²) in [6.45, 7) is 2.18. The van der Waals surface area contributed by atoms with Gasteiger partial charge in [-0.2, -0.15) is 22.2 Å². The Morgan fingerprint density at radius 3 is 2.31 bits per heavy atom. The largest absolute Gasteiger partial charge is 0.237 e. The summed E-state index contributed by atoms with van der Waals surface area (Å²) in [6, 6.07) is 11.4. The molecule has 0 spiro atoms. The van der Waals surface area contributed by atoms with Crippen molar-refractivity contribution in [3.05, 3.63) is 35.9 Å². The summed E-state index contributed by atoms with van der Waals surface area (Å²) in [5, 5.41) is 0. The molecule has 0 radical (unpaired) electrons. The van der Waals surface area contributed by atoms with E-state index >= 15 is 0 Å². The highest BCUT2D eigenvalue weighted by Crippen LogP contribution is 2.26. The van der Waals surface area contributed by atoms with E-state index in [1.165, 1.54) is 5.56 Å². The molecule has 0 amide bonds. The van der Waals surface area contributed by atoms with Gasteiger partial charge in [-0.15, -0.1) is 0 Å². The van der Waals surface area contributed by atoms with Crippen molar-refractivity contribution < 1.29 is 0 Å². The second-order valence-electron chi connectivity index (χ2n) is 3.14. The van der Waals surface area contributed by atoms with Crippen LogP contribution in [0.4, 0.5) is 0 Å². The van der Waals surface area contributed by atoms with Gasteiger partial charge in [0.05, 0.1) is 0 Å². The Morgan fingerprint density at radius 1 is 1.23 bits per heavy atom. The SMILES string of the molecule is CCC(C[SiH](Cl)Cl)c1ccccc1. The fourth-order valence-electron chi connectivity index (χ4n) is 1.48. The second kappa shape index (κ2) is 5.69. The molecule has 72 valence electrons. The first-order valence-electron chi connectivity index (χ1n) is 4.57. The van der Waals surface area contributed by atoms with Crippen LogP contribution in [0, 0.1) is 0 Å². The second-order valence-corrected chi connectivity index (χ2v) is 8.23. The fourth-order valence-corrected chi connectivity index (χ4v) is 3.80. The molecule has 0 aliphatic heterocycles. The lowest BCUT2D eigenvalue weighted by Gasteiger charge is -2.14. The summed E-state index contributed by atoms with van der Waals surface area (Å²) < 4.78 is 0. The highest BCUT2D eigenvalue weighted by atomic mass is 35.7. The predicted molar refractivity (Wildman–Crippen MR) is 63.1 cm³/mol. The maximum absolute atomic E-state index is 5.91. The van der Waals surface area contributed by atoms with E-state index < -0.39 is 7.42 Å². The molecule has 0 aliphatic carbocycles. The zero-order chi connectivity index (χ0) is 9.68. The van der Waals surface area contributed by atoms with Crippen molar-refractivity contribution in [1.82, 2.24) is 0 Å². The maximum Gasteiger partial charge on any atom is 0.237 e. The normalized spacial score (nSPS) is 13.2. The third-order valence-electron chi connectivity index (χ3n) is 2.23. The van der Waals surface area contributed by atoms with Crippen molar-refractivity contribution >= 4 is 29.6 Å². The standard InChI is InChI=1S/C10H14Cl2Si/c1-2-9(8-13(11)12)10-6-4-3-5-7-10/h3-7,9,13H,2,8H2,1H3. The van der Waals surface area contributed by atoms with Gasteiger partial charge in [-0.3, -0.25) is 0 Å². The minimum Gasteiger partial charge on any atom is -0.150 e. The van der Waals surface area contributed by atoms with E-state index in [9.17, 15) is 0 Å². The van der Waals surface area contributed by atoms with Crippen LogP contribution in [0.1, 0.15) is 24.8 Å². The Kier molecular flexibility index (Phi) is 4.85. The molecule has 0 fully saturated rings. The van der Waals surface area contributed by atoms with Crippen LogP contribution in [0.3, 0.4) is 0 Å². The Balaban J connectivity index is 2.67. The molecular formula is C10H14Cl2Si. The molecule has 0 saturated carbocycles. The molecule has 0 bridgehead atoms. The fraction of sp³-hybridized carbons (Fsp3) is 0.400. The topological polar surface area (TPSA) is 0 Å². The Morgan fingerprint density at radius 2 is 1.85 bits per heavy atom. The predicted octanol–water partition coefficient (Wildman–Crippen LogP) is 3.88. The number of rotatable bonds is 4. The van der Waals surface area contributed by atoms with Crippen molar-refractivity contribution in [3.63, 3.8) is 0 Å². The number of hydrogen-bond acceptors (Lipinski definition) is 0. The van der Waals surface area contributed by atoms with Crippen LogP contribution in [0.5, 0.6) is 0 Å². The third kappa shape index (κ3) is 3.71. The molecule has 0 N–H and O–H groups in total. The highest BCUT2D eigenvalue weighted by molar-refractivity contribution is 7.33. The first-order valence-corrected chi connectivity index (χ1v) is 8.88. The smallest absolute Gasteiger partial charge is 0.150 e. The van der Waals surface area contributed by atoms with Crippen LogP contribution in [0.2, 0.25) is 6.04 Å². The molecule has 0 saturated heterocycles. The van der Waals surface area contributed by atoms with Crippen molar-refractivity contribution in [3.8, 4) is 0 Å². The van der Waals surface area contributed by atoms with Gasteiger partial charge in [-0.25, -0.2) is 0 Å². The van der Waals surface area contributed by atoms with E-state index in [0.29, 0.717) is 5.92 Å². The Labute approximate surface area is 90.9 Å². The average molecular weight is 233 g/mol. The molecule has 0 heterocycles. The van der Waals surface area contributed by atoms with E-state index in [1.807, 2.05) is 6.07 Å². The van der Waals surface area contributed by atoms with Crippen molar-refractivity contribution in [2.75, 3.05) is 0 Å². The summed E-state index contributed by atoms with van der Waals surface area (Å²) in [5.74, 6) is 0.549. The van der Waals surface area contributed by atoms with Gasteiger partial charge in [0.1, 0.15) is 0 Å². The number of halogens is 2. The lowest BCUT2D eigenvalue weighted by molar-refractivity contribution is 0.730. The van der Waals surface area contributed by atoms with E-state index in [4.69, 9.17) is 22.2 Å². The van der Waals surface area contributed by atoms with Crippen LogP contribution < -0.4 is 0 Å². The quantitative estimate of drug-likeness (QED) is 0.547. The molecular weight excluding hydrogens is 219 g/mol. The van der Waals surface area contributed by atoms with E-state index in [0.717, 1.165) is 12.5 Å².